The number of aliphatic hydroxyl groups is 1. The average Bonchev–Trinajstić information content (AvgIpc) is 2.31. The predicted molar refractivity (Wildman–Crippen MR) is 70.8 cm³/mol. The zero-order valence-electron chi connectivity index (χ0n) is 11.9. The minimum Gasteiger partial charge on any atom is -0.513 e. The van der Waals surface area contributed by atoms with Crippen LogP contribution in [0.4, 0.5) is 0 Å². The first-order valence-electron chi connectivity index (χ1n) is 5.97. The maximum Gasteiger partial charge on any atom is 0.498 e. The van der Waals surface area contributed by atoms with Crippen LogP contribution in [-0.4, -0.2) is 23.4 Å². The van der Waals surface area contributed by atoms with Gasteiger partial charge in [-0.1, -0.05) is 11.6 Å². The van der Waals surface area contributed by atoms with Gasteiger partial charge in [-0.2, -0.15) is 0 Å². The molecule has 0 aromatic rings. The third kappa shape index (κ3) is 2.93. The van der Waals surface area contributed by atoms with E-state index in [-0.39, 0.29) is 17.0 Å². The van der Waals surface area contributed by atoms with Crippen LogP contribution in [0.3, 0.4) is 0 Å². The molecule has 3 nitrogen and oxygen atoms in total. The SMILES string of the molecule is CC(C)=C/C(B1OC(C)(C)C(C)(C)O1)=C(\C)O. The van der Waals surface area contributed by atoms with Crippen LogP contribution in [0, 0.1) is 0 Å². The molecule has 0 aromatic carbocycles. The molecule has 0 spiro atoms. The summed E-state index contributed by atoms with van der Waals surface area (Å²) in [4.78, 5) is 0. The lowest BCUT2D eigenvalue weighted by Crippen LogP contribution is -2.41. The van der Waals surface area contributed by atoms with Gasteiger partial charge in [-0.15, -0.1) is 0 Å². The van der Waals surface area contributed by atoms with Crippen molar-refractivity contribution in [3.63, 3.8) is 0 Å². The van der Waals surface area contributed by atoms with Gasteiger partial charge in [0.2, 0.25) is 0 Å². The highest BCUT2D eigenvalue weighted by Gasteiger charge is 2.52. The average molecular weight is 238 g/mol. The summed E-state index contributed by atoms with van der Waals surface area (Å²) in [5.74, 6) is 0.240. The fourth-order valence-corrected chi connectivity index (χ4v) is 1.62. The first-order valence-corrected chi connectivity index (χ1v) is 5.97. The zero-order chi connectivity index (χ0) is 13.4. The Labute approximate surface area is 105 Å². The van der Waals surface area contributed by atoms with Crippen molar-refractivity contribution in [2.75, 3.05) is 0 Å². The van der Waals surface area contributed by atoms with E-state index in [1.165, 1.54) is 0 Å². The summed E-state index contributed by atoms with van der Waals surface area (Å²) in [6.07, 6.45) is 1.90. The van der Waals surface area contributed by atoms with E-state index in [9.17, 15) is 5.11 Å². The summed E-state index contributed by atoms with van der Waals surface area (Å²) < 4.78 is 11.8. The van der Waals surface area contributed by atoms with E-state index in [1.54, 1.807) is 6.92 Å². The van der Waals surface area contributed by atoms with Gasteiger partial charge in [0.05, 0.1) is 17.0 Å². The minimum absolute atomic E-state index is 0.240. The fraction of sp³-hybridized carbons (Fsp3) is 0.692. The summed E-state index contributed by atoms with van der Waals surface area (Å²) in [7, 11) is -0.500. The van der Waals surface area contributed by atoms with Gasteiger partial charge in [-0.25, -0.2) is 0 Å². The number of rotatable bonds is 2. The third-order valence-corrected chi connectivity index (χ3v) is 3.37. The van der Waals surface area contributed by atoms with Crippen LogP contribution in [0.5, 0.6) is 0 Å². The van der Waals surface area contributed by atoms with E-state index < -0.39 is 7.12 Å². The number of aliphatic hydroxyl groups excluding tert-OH is 1. The minimum atomic E-state index is -0.500. The Morgan fingerprint density at radius 2 is 1.41 bits per heavy atom. The van der Waals surface area contributed by atoms with Crippen LogP contribution < -0.4 is 0 Å². The molecular weight excluding hydrogens is 215 g/mol. The van der Waals surface area contributed by atoms with E-state index in [1.807, 2.05) is 47.6 Å². The lowest BCUT2D eigenvalue weighted by Gasteiger charge is -2.32. The maximum atomic E-state index is 9.74. The molecule has 0 unspecified atom stereocenters. The van der Waals surface area contributed by atoms with Crippen LogP contribution in [-0.2, 0) is 9.31 Å². The monoisotopic (exact) mass is 238 g/mol. The Kier molecular flexibility index (Phi) is 3.79. The van der Waals surface area contributed by atoms with Gasteiger partial charge >= 0.3 is 7.12 Å². The van der Waals surface area contributed by atoms with Crippen molar-refractivity contribution < 1.29 is 14.4 Å². The predicted octanol–water partition coefficient (Wildman–Crippen LogP) is 3.42. The van der Waals surface area contributed by atoms with Crippen LogP contribution in [0.2, 0.25) is 0 Å². The molecule has 1 N–H and O–H groups in total. The van der Waals surface area contributed by atoms with Crippen molar-refractivity contribution in [1.29, 1.82) is 0 Å². The summed E-state index contributed by atoms with van der Waals surface area (Å²) in [5.41, 5.74) is 1.04. The lowest BCUT2D eigenvalue weighted by atomic mass is 9.76. The van der Waals surface area contributed by atoms with E-state index in [2.05, 4.69) is 0 Å². The Morgan fingerprint density at radius 3 is 1.71 bits per heavy atom. The molecule has 1 aliphatic rings. The fourth-order valence-electron chi connectivity index (χ4n) is 1.62. The molecule has 96 valence electrons. The van der Waals surface area contributed by atoms with Crippen molar-refractivity contribution in [1.82, 2.24) is 0 Å². The van der Waals surface area contributed by atoms with Crippen molar-refractivity contribution in [3.05, 3.63) is 22.9 Å². The molecule has 4 heteroatoms. The van der Waals surface area contributed by atoms with E-state index in [0.29, 0.717) is 5.47 Å². The third-order valence-electron chi connectivity index (χ3n) is 3.37. The second-order valence-corrected chi connectivity index (χ2v) is 5.85. The normalized spacial score (nSPS) is 23.4. The van der Waals surface area contributed by atoms with E-state index >= 15 is 0 Å². The molecule has 0 amide bonds. The molecule has 0 aliphatic carbocycles. The number of hydrogen-bond acceptors (Lipinski definition) is 3. The van der Waals surface area contributed by atoms with Gasteiger partial charge in [0.15, 0.2) is 0 Å². The van der Waals surface area contributed by atoms with Crippen LogP contribution in [0.15, 0.2) is 22.9 Å². The quantitative estimate of drug-likeness (QED) is 0.455. The summed E-state index contributed by atoms with van der Waals surface area (Å²) in [6.45, 7) is 13.6. The maximum absolute atomic E-state index is 9.74. The van der Waals surface area contributed by atoms with Gasteiger partial charge in [0.25, 0.3) is 0 Å². The second kappa shape index (κ2) is 4.50. The largest absolute Gasteiger partial charge is 0.513 e. The number of hydrogen-bond donors (Lipinski definition) is 1. The Hall–Kier alpha value is -0.735. The topological polar surface area (TPSA) is 38.7 Å². The molecular formula is C13H23BO3. The van der Waals surface area contributed by atoms with Crippen LogP contribution in [0.25, 0.3) is 0 Å². The Bertz CT molecular complexity index is 343. The summed E-state index contributed by atoms with van der Waals surface area (Å²) >= 11 is 0. The van der Waals surface area contributed by atoms with Gasteiger partial charge in [-0.3, -0.25) is 0 Å². The second-order valence-electron chi connectivity index (χ2n) is 5.85. The van der Waals surface area contributed by atoms with Gasteiger partial charge in [0.1, 0.15) is 0 Å². The first kappa shape index (κ1) is 14.3. The smallest absolute Gasteiger partial charge is 0.498 e. The van der Waals surface area contributed by atoms with Crippen molar-refractivity contribution in [2.24, 2.45) is 0 Å². The standard InChI is InChI=1S/C13H23BO3/c1-9(2)8-11(10(3)15)14-16-12(4,5)13(6,7)17-14/h8,15H,1-7H3/b11-10-. The molecule has 1 fully saturated rings. The molecule has 17 heavy (non-hydrogen) atoms. The molecule has 1 rings (SSSR count). The molecule has 0 radical (unpaired) electrons. The molecule has 0 atom stereocenters. The molecule has 1 saturated heterocycles. The molecule has 0 bridgehead atoms. The Morgan fingerprint density at radius 1 is 1.00 bits per heavy atom. The summed E-state index contributed by atoms with van der Waals surface area (Å²) in [6, 6.07) is 0. The van der Waals surface area contributed by atoms with Gasteiger partial charge < -0.3 is 14.4 Å². The van der Waals surface area contributed by atoms with E-state index in [0.717, 1.165) is 5.57 Å². The van der Waals surface area contributed by atoms with Crippen molar-refractivity contribution >= 4 is 7.12 Å². The molecule has 1 aliphatic heterocycles. The molecule has 0 saturated carbocycles. The lowest BCUT2D eigenvalue weighted by molar-refractivity contribution is 0.00578. The highest BCUT2D eigenvalue weighted by molar-refractivity contribution is 6.55. The molecule has 0 aromatic heterocycles. The first-order chi connectivity index (χ1) is 7.57. The molecule has 1 heterocycles. The van der Waals surface area contributed by atoms with Crippen LogP contribution in [0.1, 0.15) is 48.5 Å². The van der Waals surface area contributed by atoms with Gasteiger partial charge in [0, 0.05) is 5.47 Å². The Balaban J connectivity index is 3.05. The highest BCUT2D eigenvalue weighted by atomic mass is 16.7. The van der Waals surface area contributed by atoms with Gasteiger partial charge in [-0.05, 0) is 48.5 Å². The van der Waals surface area contributed by atoms with Crippen LogP contribution >= 0.6 is 0 Å². The van der Waals surface area contributed by atoms with E-state index in [4.69, 9.17) is 9.31 Å². The number of allylic oxidation sites excluding steroid dienone is 4. The highest BCUT2D eigenvalue weighted by Crippen LogP contribution is 2.39. The zero-order valence-corrected chi connectivity index (χ0v) is 11.9. The van der Waals surface area contributed by atoms with Crippen molar-refractivity contribution in [2.45, 2.75) is 59.7 Å². The van der Waals surface area contributed by atoms with Crippen molar-refractivity contribution in [3.8, 4) is 0 Å². The summed E-state index contributed by atoms with van der Waals surface area (Å²) in [5, 5.41) is 9.74.